The number of nitrogens with zero attached hydrogens (tertiary/aromatic N) is 8. The maximum absolute atomic E-state index is 13.1. The van der Waals surface area contributed by atoms with E-state index in [1.54, 1.807) is 33.9 Å². The van der Waals surface area contributed by atoms with Crippen LogP contribution in [0.2, 0.25) is 0 Å². The van der Waals surface area contributed by atoms with Crippen molar-refractivity contribution in [2.45, 2.75) is 19.5 Å². The van der Waals surface area contributed by atoms with Crippen molar-refractivity contribution in [2.24, 2.45) is 0 Å². The Kier molecular flexibility index (Phi) is 4.12. The fourth-order valence-corrected chi connectivity index (χ4v) is 3.79. The first-order valence-electron chi connectivity index (χ1n) is 8.88. The predicted octanol–water partition coefficient (Wildman–Crippen LogP) is 2.50. The van der Waals surface area contributed by atoms with Gasteiger partial charge in [-0.3, -0.25) is 4.79 Å². The van der Waals surface area contributed by atoms with Crippen LogP contribution in [-0.4, -0.2) is 51.7 Å². The zero-order valence-corrected chi connectivity index (χ0v) is 16.8. The number of amides is 1. The maximum atomic E-state index is 13.1. The number of hydrogen-bond acceptors (Lipinski definition) is 6. The predicted molar refractivity (Wildman–Crippen MR) is 103 cm³/mol. The fraction of sp³-hybridized carbons (Fsp3) is 0.222. The SMILES string of the molecule is CC1c2nnc(-c3ccc(F)nc3)n2CCN1C(=O)c1cc2ncc(Br)cn2n1. The molecule has 1 aliphatic heterocycles. The monoisotopic (exact) mass is 456 g/mol. The summed E-state index contributed by atoms with van der Waals surface area (Å²) in [4.78, 5) is 22.7. The Hall–Kier alpha value is -3.21. The summed E-state index contributed by atoms with van der Waals surface area (Å²) in [5, 5.41) is 12.9. The standard InChI is InChI=1S/C18H14BrFN8O/c1-10-16-23-24-17(11-2-3-14(20)21-7-11)27(16)5-4-26(10)18(29)13-6-15-22-8-12(19)9-28(15)25-13/h2-3,6-10H,4-5H2,1H3. The van der Waals surface area contributed by atoms with Crippen LogP contribution >= 0.6 is 15.9 Å². The Labute approximate surface area is 172 Å². The lowest BCUT2D eigenvalue weighted by Crippen LogP contribution is -2.41. The molecule has 5 heterocycles. The summed E-state index contributed by atoms with van der Waals surface area (Å²) < 4.78 is 17.4. The Bertz CT molecular complexity index is 1230. The molecule has 0 aromatic carbocycles. The minimum atomic E-state index is -0.550. The van der Waals surface area contributed by atoms with Crippen LogP contribution in [0, 0.1) is 5.95 Å². The number of halogens is 2. The molecule has 0 saturated heterocycles. The molecular formula is C18H14BrFN8O. The highest BCUT2D eigenvalue weighted by Crippen LogP contribution is 2.29. The first-order valence-corrected chi connectivity index (χ1v) is 9.67. The zero-order valence-electron chi connectivity index (χ0n) is 15.2. The Balaban J connectivity index is 1.45. The smallest absolute Gasteiger partial charge is 0.275 e. The third-order valence-electron chi connectivity index (χ3n) is 4.93. The Morgan fingerprint density at radius 2 is 2.07 bits per heavy atom. The summed E-state index contributed by atoms with van der Waals surface area (Å²) >= 11 is 3.35. The van der Waals surface area contributed by atoms with Crippen LogP contribution in [-0.2, 0) is 6.54 Å². The summed E-state index contributed by atoms with van der Waals surface area (Å²) in [5.41, 5.74) is 1.59. The van der Waals surface area contributed by atoms with Crippen molar-refractivity contribution in [3.63, 3.8) is 0 Å². The van der Waals surface area contributed by atoms with Gasteiger partial charge in [-0.15, -0.1) is 10.2 Å². The van der Waals surface area contributed by atoms with Gasteiger partial charge < -0.3 is 9.47 Å². The van der Waals surface area contributed by atoms with Crippen molar-refractivity contribution in [1.29, 1.82) is 0 Å². The lowest BCUT2D eigenvalue weighted by molar-refractivity contribution is 0.0632. The first-order chi connectivity index (χ1) is 14.0. The first kappa shape index (κ1) is 17.9. The van der Waals surface area contributed by atoms with E-state index in [1.807, 2.05) is 11.5 Å². The van der Waals surface area contributed by atoms with Gasteiger partial charge in [0.25, 0.3) is 5.91 Å². The van der Waals surface area contributed by atoms with Crippen molar-refractivity contribution in [3.05, 3.63) is 58.7 Å². The van der Waals surface area contributed by atoms with E-state index in [2.05, 4.69) is 41.2 Å². The molecule has 29 heavy (non-hydrogen) atoms. The summed E-state index contributed by atoms with van der Waals surface area (Å²) in [5.74, 6) is 0.520. The number of pyridine rings is 1. The van der Waals surface area contributed by atoms with E-state index in [-0.39, 0.29) is 11.9 Å². The molecule has 11 heteroatoms. The number of fused-ring (bicyclic) bond motifs is 2. The van der Waals surface area contributed by atoms with Crippen LogP contribution in [0.25, 0.3) is 17.0 Å². The van der Waals surface area contributed by atoms with Gasteiger partial charge in [0.15, 0.2) is 23.0 Å². The molecule has 0 aliphatic carbocycles. The van der Waals surface area contributed by atoms with Gasteiger partial charge in [-0.1, -0.05) is 0 Å². The van der Waals surface area contributed by atoms with E-state index in [0.29, 0.717) is 41.6 Å². The molecule has 0 N–H and O–H groups in total. The van der Waals surface area contributed by atoms with E-state index < -0.39 is 5.95 Å². The molecule has 0 bridgehead atoms. The number of carbonyl (C=O) groups excluding carboxylic acids is 1. The van der Waals surface area contributed by atoms with Crippen molar-refractivity contribution in [1.82, 2.24) is 39.2 Å². The second-order valence-electron chi connectivity index (χ2n) is 6.68. The molecule has 1 atom stereocenters. The lowest BCUT2D eigenvalue weighted by Gasteiger charge is -2.33. The number of carbonyl (C=O) groups is 1. The zero-order chi connectivity index (χ0) is 20.1. The van der Waals surface area contributed by atoms with E-state index in [0.717, 1.165) is 4.47 Å². The van der Waals surface area contributed by atoms with E-state index in [9.17, 15) is 9.18 Å². The highest BCUT2D eigenvalue weighted by molar-refractivity contribution is 9.10. The van der Waals surface area contributed by atoms with Gasteiger partial charge in [0, 0.05) is 43.3 Å². The van der Waals surface area contributed by atoms with Crippen LogP contribution in [0.1, 0.15) is 29.3 Å². The van der Waals surface area contributed by atoms with Crippen molar-refractivity contribution >= 4 is 27.5 Å². The quantitative estimate of drug-likeness (QED) is 0.430. The average molecular weight is 457 g/mol. The molecular weight excluding hydrogens is 443 g/mol. The molecule has 5 rings (SSSR count). The highest BCUT2D eigenvalue weighted by Gasteiger charge is 2.33. The number of hydrogen-bond donors (Lipinski definition) is 0. The van der Waals surface area contributed by atoms with Crippen LogP contribution in [0.4, 0.5) is 4.39 Å². The van der Waals surface area contributed by atoms with Crippen molar-refractivity contribution in [2.75, 3.05) is 6.54 Å². The summed E-state index contributed by atoms with van der Waals surface area (Å²) in [6.07, 6.45) is 4.83. The van der Waals surface area contributed by atoms with Crippen molar-refractivity contribution < 1.29 is 9.18 Å². The third-order valence-corrected chi connectivity index (χ3v) is 5.34. The minimum absolute atomic E-state index is 0.196. The molecule has 1 aliphatic rings. The molecule has 0 saturated carbocycles. The Morgan fingerprint density at radius 3 is 2.86 bits per heavy atom. The van der Waals surface area contributed by atoms with Gasteiger partial charge in [0.1, 0.15) is 0 Å². The largest absolute Gasteiger partial charge is 0.325 e. The molecule has 4 aromatic rings. The number of rotatable bonds is 2. The van der Waals surface area contributed by atoms with Gasteiger partial charge in [0.2, 0.25) is 5.95 Å². The van der Waals surface area contributed by atoms with Crippen LogP contribution < -0.4 is 0 Å². The van der Waals surface area contributed by atoms with E-state index >= 15 is 0 Å². The lowest BCUT2D eigenvalue weighted by atomic mass is 10.1. The second-order valence-corrected chi connectivity index (χ2v) is 7.60. The fourth-order valence-electron chi connectivity index (χ4n) is 3.49. The molecule has 9 nitrogen and oxygen atoms in total. The molecule has 0 fully saturated rings. The molecule has 1 unspecified atom stereocenters. The van der Waals surface area contributed by atoms with Gasteiger partial charge in [0.05, 0.1) is 10.5 Å². The average Bonchev–Trinajstić information content (AvgIpc) is 3.33. The summed E-state index contributed by atoms with van der Waals surface area (Å²) in [6, 6.07) is 4.27. The molecule has 1 amide bonds. The normalized spacial score (nSPS) is 16.2. The topological polar surface area (TPSA) is 94.1 Å². The molecule has 4 aromatic heterocycles. The maximum Gasteiger partial charge on any atom is 0.275 e. The highest BCUT2D eigenvalue weighted by atomic mass is 79.9. The van der Waals surface area contributed by atoms with Gasteiger partial charge in [-0.05, 0) is 35.0 Å². The number of aromatic nitrogens is 7. The minimum Gasteiger partial charge on any atom is -0.325 e. The van der Waals surface area contributed by atoms with Crippen LogP contribution in [0.15, 0.2) is 41.3 Å². The molecule has 0 spiro atoms. The second kappa shape index (κ2) is 6.69. The van der Waals surface area contributed by atoms with E-state index in [1.165, 1.54) is 12.3 Å². The van der Waals surface area contributed by atoms with Gasteiger partial charge in [-0.25, -0.2) is 14.5 Å². The molecule has 0 radical (unpaired) electrons. The van der Waals surface area contributed by atoms with Gasteiger partial charge >= 0.3 is 0 Å². The van der Waals surface area contributed by atoms with Gasteiger partial charge in [-0.2, -0.15) is 9.49 Å². The summed E-state index contributed by atoms with van der Waals surface area (Å²) in [6.45, 7) is 2.88. The van der Waals surface area contributed by atoms with Crippen LogP contribution in [0.3, 0.4) is 0 Å². The third kappa shape index (κ3) is 2.97. The van der Waals surface area contributed by atoms with Crippen LogP contribution in [0.5, 0.6) is 0 Å². The summed E-state index contributed by atoms with van der Waals surface area (Å²) in [7, 11) is 0. The molecule has 146 valence electrons. The Morgan fingerprint density at radius 1 is 1.21 bits per heavy atom. The van der Waals surface area contributed by atoms with Crippen molar-refractivity contribution in [3.8, 4) is 11.4 Å². The van der Waals surface area contributed by atoms with E-state index in [4.69, 9.17) is 0 Å².